The number of hydrogen-bond acceptors (Lipinski definition) is 5. The first kappa shape index (κ1) is 20.0. The van der Waals surface area contributed by atoms with Crippen LogP contribution in [0.2, 0.25) is 0 Å². The van der Waals surface area contributed by atoms with Gasteiger partial charge in [-0.05, 0) is 56.5 Å². The summed E-state index contributed by atoms with van der Waals surface area (Å²) in [6.45, 7) is 5.04. The van der Waals surface area contributed by atoms with E-state index < -0.39 is 10.0 Å². The fourth-order valence-corrected chi connectivity index (χ4v) is 4.75. The monoisotopic (exact) mass is 417 g/mol. The Morgan fingerprint density at radius 2 is 1.97 bits per heavy atom. The van der Waals surface area contributed by atoms with Crippen LogP contribution in [0.3, 0.4) is 0 Å². The highest BCUT2D eigenvalue weighted by Crippen LogP contribution is 2.22. The highest BCUT2D eigenvalue weighted by atomic mass is 32.2. The Labute approximate surface area is 169 Å². The molecule has 2 heterocycles. The molecule has 3 aromatic rings. The van der Waals surface area contributed by atoms with Crippen molar-refractivity contribution < 1.29 is 17.3 Å². The van der Waals surface area contributed by atoms with Gasteiger partial charge in [-0.2, -0.15) is 0 Å². The zero-order valence-electron chi connectivity index (χ0n) is 16.3. The minimum atomic E-state index is -3.45. The number of fused-ring (bicyclic) bond motifs is 1. The van der Waals surface area contributed by atoms with Crippen molar-refractivity contribution in [1.29, 1.82) is 0 Å². The number of sulfonamides is 1. The number of likely N-dealkylation sites (tertiary alicyclic amines) is 1. The maximum Gasteiger partial charge on any atom is 0.240 e. The molecule has 1 saturated heterocycles. The second-order valence-corrected chi connectivity index (χ2v) is 9.43. The fraction of sp³-hybridized carbons (Fsp3) is 0.381. The molecule has 0 aliphatic carbocycles. The molecule has 0 amide bonds. The van der Waals surface area contributed by atoms with E-state index >= 15 is 0 Å². The van der Waals surface area contributed by atoms with Crippen molar-refractivity contribution in [3.05, 3.63) is 59.5 Å². The third-order valence-corrected chi connectivity index (χ3v) is 6.76. The topological polar surface area (TPSA) is 75.4 Å². The van der Waals surface area contributed by atoms with Gasteiger partial charge < -0.3 is 9.42 Å². The average Bonchev–Trinajstić information content (AvgIpc) is 3.05. The van der Waals surface area contributed by atoms with Gasteiger partial charge in [-0.1, -0.05) is 22.9 Å². The standard InChI is InChI=1S/C21H24FN3O3S/c1-15-4-7-18(8-5-15)29(26,27)23-12-16-13-25(14-16)10-2-3-20-19-9-6-17(22)11-21(19)28-24-20/h4-9,11,16,23H,2-3,10,12-14H2,1H3. The lowest BCUT2D eigenvalue weighted by Gasteiger charge is -2.39. The number of halogens is 1. The summed E-state index contributed by atoms with van der Waals surface area (Å²) in [5, 5.41) is 4.91. The van der Waals surface area contributed by atoms with Gasteiger partial charge in [0, 0.05) is 31.1 Å². The smallest absolute Gasteiger partial charge is 0.240 e. The van der Waals surface area contributed by atoms with Crippen LogP contribution in [0.25, 0.3) is 11.0 Å². The first-order valence-corrected chi connectivity index (χ1v) is 11.2. The van der Waals surface area contributed by atoms with E-state index in [1.807, 2.05) is 6.92 Å². The van der Waals surface area contributed by atoms with E-state index in [-0.39, 0.29) is 5.82 Å². The number of rotatable bonds is 8. The van der Waals surface area contributed by atoms with Crippen molar-refractivity contribution >= 4 is 21.0 Å². The third kappa shape index (κ3) is 4.66. The molecule has 1 aliphatic heterocycles. The van der Waals surface area contributed by atoms with E-state index in [0.717, 1.165) is 49.1 Å². The van der Waals surface area contributed by atoms with Crippen LogP contribution in [0, 0.1) is 18.7 Å². The molecule has 8 heteroatoms. The Balaban J connectivity index is 1.19. The molecule has 0 saturated carbocycles. The van der Waals surface area contributed by atoms with Crippen molar-refractivity contribution in [2.45, 2.75) is 24.7 Å². The predicted molar refractivity (Wildman–Crippen MR) is 109 cm³/mol. The second kappa shape index (κ2) is 8.22. The molecule has 1 aliphatic rings. The summed E-state index contributed by atoms with van der Waals surface area (Å²) in [7, 11) is -3.45. The molecule has 1 N–H and O–H groups in total. The number of aryl methyl sites for hydroxylation is 2. The molecule has 6 nitrogen and oxygen atoms in total. The van der Waals surface area contributed by atoms with Gasteiger partial charge in [0.05, 0.1) is 10.6 Å². The van der Waals surface area contributed by atoms with Crippen LogP contribution in [0.15, 0.2) is 51.9 Å². The molecule has 0 radical (unpaired) electrons. The van der Waals surface area contributed by atoms with Gasteiger partial charge in [0.1, 0.15) is 5.82 Å². The van der Waals surface area contributed by atoms with Crippen LogP contribution in [0.5, 0.6) is 0 Å². The highest BCUT2D eigenvalue weighted by molar-refractivity contribution is 7.89. The minimum Gasteiger partial charge on any atom is -0.356 e. The molecule has 1 aromatic heterocycles. The summed E-state index contributed by atoms with van der Waals surface area (Å²) in [4.78, 5) is 2.60. The Kier molecular flexibility index (Phi) is 5.67. The second-order valence-electron chi connectivity index (χ2n) is 7.66. The molecule has 0 spiro atoms. The maximum absolute atomic E-state index is 13.2. The molecule has 0 unspecified atom stereocenters. The van der Waals surface area contributed by atoms with Gasteiger partial charge in [-0.25, -0.2) is 17.5 Å². The summed E-state index contributed by atoms with van der Waals surface area (Å²) in [6.07, 6.45) is 1.68. The Hall–Kier alpha value is -2.29. The van der Waals surface area contributed by atoms with Crippen molar-refractivity contribution in [1.82, 2.24) is 14.8 Å². The van der Waals surface area contributed by atoms with E-state index in [2.05, 4.69) is 14.8 Å². The molecule has 2 aromatic carbocycles. The molecule has 29 heavy (non-hydrogen) atoms. The summed E-state index contributed by atoms with van der Waals surface area (Å²) < 4.78 is 45.8. The quantitative estimate of drug-likeness (QED) is 0.610. The SMILES string of the molecule is Cc1ccc(S(=O)(=O)NCC2CN(CCCc3noc4cc(F)ccc34)C2)cc1. The maximum atomic E-state index is 13.2. The summed E-state index contributed by atoms with van der Waals surface area (Å²) in [5.74, 6) is -0.00379. The van der Waals surface area contributed by atoms with Gasteiger partial charge in [-0.3, -0.25) is 0 Å². The lowest BCUT2D eigenvalue weighted by Crippen LogP contribution is -2.51. The van der Waals surface area contributed by atoms with Gasteiger partial charge >= 0.3 is 0 Å². The molecular weight excluding hydrogens is 393 g/mol. The van der Waals surface area contributed by atoms with E-state index in [0.29, 0.717) is 22.9 Å². The van der Waals surface area contributed by atoms with Gasteiger partial charge in [0.25, 0.3) is 0 Å². The lowest BCUT2D eigenvalue weighted by molar-refractivity contribution is 0.102. The molecule has 0 bridgehead atoms. The van der Waals surface area contributed by atoms with E-state index in [9.17, 15) is 12.8 Å². The van der Waals surface area contributed by atoms with Crippen LogP contribution in [-0.4, -0.2) is 44.7 Å². The highest BCUT2D eigenvalue weighted by Gasteiger charge is 2.27. The zero-order valence-corrected chi connectivity index (χ0v) is 17.1. The Morgan fingerprint density at radius 1 is 1.21 bits per heavy atom. The van der Waals surface area contributed by atoms with Crippen molar-refractivity contribution in [2.24, 2.45) is 5.92 Å². The molecule has 1 fully saturated rings. The zero-order chi connectivity index (χ0) is 20.4. The van der Waals surface area contributed by atoms with E-state index in [1.54, 1.807) is 30.3 Å². The minimum absolute atomic E-state index is 0.305. The molecule has 4 rings (SSSR count). The largest absolute Gasteiger partial charge is 0.356 e. The van der Waals surface area contributed by atoms with Crippen molar-refractivity contribution in [2.75, 3.05) is 26.2 Å². The van der Waals surface area contributed by atoms with Crippen LogP contribution in [-0.2, 0) is 16.4 Å². The summed E-state index contributed by atoms with van der Waals surface area (Å²) in [6, 6.07) is 11.3. The number of benzene rings is 2. The lowest BCUT2D eigenvalue weighted by atomic mass is 10.00. The van der Waals surface area contributed by atoms with Gasteiger partial charge in [0.2, 0.25) is 10.0 Å². The van der Waals surface area contributed by atoms with Crippen LogP contribution in [0.1, 0.15) is 17.7 Å². The normalized spacial score (nSPS) is 15.7. The van der Waals surface area contributed by atoms with Crippen LogP contribution in [0.4, 0.5) is 4.39 Å². The summed E-state index contributed by atoms with van der Waals surface area (Å²) in [5.41, 5.74) is 2.36. The summed E-state index contributed by atoms with van der Waals surface area (Å²) >= 11 is 0. The number of hydrogen-bond donors (Lipinski definition) is 1. The van der Waals surface area contributed by atoms with Crippen molar-refractivity contribution in [3.8, 4) is 0 Å². The Morgan fingerprint density at radius 3 is 2.72 bits per heavy atom. The fourth-order valence-electron chi connectivity index (χ4n) is 3.63. The van der Waals surface area contributed by atoms with E-state index in [4.69, 9.17) is 4.52 Å². The predicted octanol–water partition coefficient (Wildman–Crippen LogP) is 3.12. The van der Waals surface area contributed by atoms with E-state index in [1.165, 1.54) is 12.1 Å². The molecule has 0 atom stereocenters. The van der Waals surface area contributed by atoms with Gasteiger partial charge in [0.15, 0.2) is 5.58 Å². The number of nitrogens with zero attached hydrogens (tertiary/aromatic N) is 2. The first-order chi connectivity index (χ1) is 13.9. The first-order valence-electron chi connectivity index (χ1n) is 9.73. The van der Waals surface area contributed by atoms with Crippen LogP contribution < -0.4 is 4.72 Å². The number of aromatic nitrogens is 1. The third-order valence-electron chi connectivity index (χ3n) is 5.32. The Bertz CT molecular complexity index is 1090. The molecular formula is C21H24FN3O3S. The van der Waals surface area contributed by atoms with Gasteiger partial charge in [-0.15, -0.1) is 0 Å². The number of nitrogens with one attached hydrogen (secondary N) is 1. The average molecular weight is 418 g/mol. The van der Waals surface area contributed by atoms with Crippen LogP contribution >= 0.6 is 0 Å². The molecule has 154 valence electrons. The van der Waals surface area contributed by atoms with Crippen molar-refractivity contribution in [3.63, 3.8) is 0 Å².